The molecular formula is C76H62N2. The maximum absolute atomic E-state index is 2.47. The standard InChI is InChI=1S/C76H62N2/c1-75(2,3)55-35-25-41-59(47-55)77(57-37-21-11-22-38-57)61-43-45-63-65(49-61)69(53-31-17-9-18-32-53)73-71(67(63)51-27-13-7-14-28-51)72-68(52-29-15-8-16-30-52)64-46-44-62(50-66(64)70(74(72)73)54-33-19-10-20-34-54)78(58-39-23-12-24-40-58)60-42-26-36-56(48-60)76(4,5)6/h7-50H,1-6H3. The van der Waals surface area contributed by atoms with Crippen LogP contribution in [-0.2, 0) is 10.8 Å². The SMILES string of the molecule is CC(C)(C)c1cccc(N(c2ccccc2)c2ccc3c(-c4ccccc4)c4c(c(-c5ccccc5)c3c2)-c2c-4c(-c3ccccc3)c3ccc(N(c4ccccc4)c4cccc(C(C)(C)C)c4)cc3c2-c2ccccc2)c1. The van der Waals surface area contributed by atoms with E-state index in [1.165, 1.54) is 99.4 Å². The summed E-state index contributed by atoms with van der Waals surface area (Å²) in [6, 6.07) is 98.9. The first-order chi connectivity index (χ1) is 38.0. The molecule has 1 aliphatic rings. The molecule has 78 heavy (non-hydrogen) atoms. The van der Waals surface area contributed by atoms with Gasteiger partial charge in [-0.3, -0.25) is 0 Å². The van der Waals surface area contributed by atoms with Gasteiger partial charge in [-0.15, -0.1) is 0 Å². The normalized spacial score (nSPS) is 12.0. The number of para-hydroxylation sites is 2. The molecule has 0 aromatic heterocycles. The second-order valence-corrected chi connectivity index (χ2v) is 22.9. The molecule has 376 valence electrons. The van der Waals surface area contributed by atoms with Crippen LogP contribution < -0.4 is 9.80 Å². The van der Waals surface area contributed by atoms with E-state index in [4.69, 9.17) is 0 Å². The molecule has 13 rings (SSSR count). The Labute approximate surface area is 460 Å². The first-order valence-electron chi connectivity index (χ1n) is 27.4. The molecule has 0 saturated carbocycles. The summed E-state index contributed by atoms with van der Waals surface area (Å²) >= 11 is 0. The van der Waals surface area contributed by atoms with Crippen molar-refractivity contribution in [2.45, 2.75) is 52.4 Å². The van der Waals surface area contributed by atoms with Crippen molar-refractivity contribution in [1.82, 2.24) is 0 Å². The van der Waals surface area contributed by atoms with Crippen molar-refractivity contribution in [3.63, 3.8) is 0 Å². The minimum atomic E-state index is -0.0281. The molecule has 0 atom stereocenters. The van der Waals surface area contributed by atoms with E-state index in [2.05, 4.69) is 318 Å². The van der Waals surface area contributed by atoms with E-state index in [0.717, 1.165) is 34.1 Å². The van der Waals surface area contributed by atoms with Crippen LogP contribution in [0.25, 0.3) is 88.3 Å². The van der Waals surface area contributed by atoms with Gasteiger partial charge in [-0.05, 0) is 183 Å². The average molecular weight is 1000 g/mol. The second-order valence-electron chi connectivity index (χ2n) is 22.9. The zero-order valence-corrected chi connectivity index (χ0v) is 45.3. The van der Waals surface area contributed by atoms with Crippen molar-refractivity contribution in [2.75, 3.05) is 9.80 Å². The molecule has 0 heterocycles. The molecular weight excluding hydrogens is 941 g/mol. The molecule has 12 aromatic rings. The Hall–Kier alpha value is -9.24. The lowest BCUT2D eigenvalue weighted by Gasteiger charge is -2.38. The number of hydrogen-bond acceptors (Lipinski definition) is 2. The Morgan fingerprint density at radius 1 is 0.205 bits per heavy atom. The van der Waals surface area contributed by atoms with Gasteiger partial charge in [0.05, 0.1) is 0 Å². The van der Waals surface area contributed by atoms with Crippen LogP contribution in [0.2, 0.25) is 0 Å². The van der Waals surface area contributed by atoms with Crippen LogP contribution in [0.4, 0.5) is 34.1 Å². The van der Waals surface area contributed by atoms with Crippen LogP contribution in [0, 0.1) is 0 Å². The highest BCUT2D eigenvalue weighted by atomic mass is 15.1. The van der Waals surface area contributed by atoms with E-state index < -0.39 is 0 Å². The second kappa shape index (κ2) is 19.4. The molecule has 2 nitrogen and oxygen atoms in total. The quantitative estimate of drug-likeness (QED) is 0.135. The highest BCUT2D eigenvalue weighted by molar-refractivity contribution is 6.33. The number of fused-ring (bicyclic) bond motifs is 6. The molecule has 0 spiro atoms. The van der Waals surface area contributed by atoms with E-state index in [1.54, 1.807) is 0 Å². The monoisotopic (exact) mass is 1000 g/mol. The van der Waals surface area contributed by atoms with Gasteiger partial charge in [0.25, 0.3) is 0 Å². The van der Waals surface area contributed by atoms with E-state index in [0.29, 0.717) is 0 Å². The van der Waals surface area contributed by atoms with Gasteiger partial charge in [0, 0.05) is 34.1 Å². The lowest BCUT2D eigenvalue weighted by molar-refractivity contribution is 0.590. The Balaban J connectivity index is 1.18. The summed E-state index contributed by atoms with van der Waals surface area (Å²) in [6.45, 7) is 13.8. The number of hydrogen-bond donors (Lipinski definition) is 0. The predicted molar refractivity (Wildman–Crippen MR) is 334 cm³/mol. The Morgan fingerprint density at radius 3 is 0.756 bits per heavy atom. The summed E-state index contributed by atoms with van der Waals surface area (Å²) in [6.07, 6.45) is 0. The summed E-state index contributed by atoms with van der Waals surface area (Å²) in [5, 5.41) is 4.85. The maximum Gasteiger partial charge on any atom is 0.0468 e. The molecule has 0 saturated heterocycles. The molecule has 0 fully saturated rings. The average Bonchev–Trinajstić information content (AvgIpc) is 2.30. The van der Waals surface area contributed by atoms with Crippen LogP contribution >= 0.6 is 0 Å². The molecule has 0 aliphatic heterocycles. The molecule has 0 radical (unpaired) electrons. The molecule has 0 bridgehead atoms. The van der Waals surface area contributed by atoms with Crippen molar-refractivity contribution in [3.05, 3.63) is 278 Å². The molecule has 0 amide bonds. The van der Waals surface area contributed by atoms with Crippen molar-refractivity contribution >= 4 is 55.7 Å². The molecule has 2 heteroatoms. The lowest BCUT2D eigenvalue weighted by Crippen LogP contribution is -2.15. The lowest BCUT2D eigenvalue weighted by atomic mass is 9.65. The summed E-state index contributed by atoms with van der Waals surface area (Å²) < 4.78 is 0. The molecule has 0 unspecified atom stereocenters. The van der Waals surface area contributed by atoms with Crippen LogP contribution in [0.15, 0.2) is 267 Å². The van der Waals surface area contributed by atoms with Crippen LogP contribution in [0.1, 0.15) is 52.7 Å². The maximum atomic E-state index is 2.47. The zero-order chi connectivity index (χ0) is 53.1. The third kappa shape index (κ3) is 8.46. The van der Waals surface area contributed by atoms with Crippen LogP contribution in [0.5, 0.6) is 0 Å². The Bertz CT molecular complexity index is 3900. The minimum absolute atomic E-state index is 0.0281. The smallest absolute Gasteiger partial charge is 0.0468 e. The highest BCUT2D eigenvalue weighted by Gasteiger charge is 2.39. The fourth-order valence-electron chi connectivity index (χ4n) is 12.1. The summed E-state index contributed by atoms with van der Waals surface area (Å²) in [4.78, 5) is 4.87. The van der Waals surface area contributed by atoms with Crippen LogP contribution in [0.3, 0.4) is 0 Å². The van der Waals surface area contributed by atoms with Crippen molar-refractivity contribution in [2.24, 2.45) is 0 Å². The first kappa shape index (κ1) is 48.4. The molecule has 12 aromatic carbocycles. The van der Waals surface area contributed by atoms with Gasteiger partial charge in [-0.25, -0.2) is 0 Å². The highest BCUT2D eigenvalue weighted by Crippen LogP contribution is 2.66. The fraction of sp³-hybridized carbons (Fsp3) is 0.105. The fourth-order valence-corrected chi connectivity index (χ4v) is 12.1. The number of benzene rings is 12. The number of rotatable bonds is 10. The van der Waals surface area contributed by atoms with E-state index in [-0.39, 0.29) is 10.8 Å². The summed E-state index contributed by atoms with van der Waals surface area (Å²) in [5.74, 6) is 0. The topological polar surface area (TPSA) is 6.48 Å². The zero-order valence-electron chi connectivity index (χ0n) is 45.3. The third-order valence-corrected chi connectivity index (χ3v) is 15.8. The Kier molecular flexibility index (Phi) is 12.0. The van der Waals surface area contributed by atoms with Gasteiger partial charge >= 0.3 is 0 Å². The van der Waals surface area contributed by atoms with E-state index in [9.17, 15) is 0 Å². The number of anilines is 6. The molecule has 0 N–H and O–H groups in total. The van der Waals surface area contributed by atoms with Crippen molar-refractivity contribution in [1.29, 1.82) is 0 Å². The van der Waals surface area contributed by atoms with Crippen LogP contribution in [-0.4, -0.2) is 0 Å². The van der Waals surface area contributed by atoms with Gasteiger partial charge in [-0.2, -0.15) is 0 Å². The van der Waals surface area contributed by atoms with Crippen molar-refractivity contribution in [3.8, 4) is 66.8 Å². The van der Waals surface area contributed by atoms with Gasteiger partial charge in [-0.1, -0.05) is 236 Å². The summed E-state index contributed by atoms with van der Waals surface area (Å²) in [7, 11) is 0. The van der Waals surface area contributed by atoms with Gasteiger partial charge in [0.2, 0.25) is 0 Å². The first-order valence-corrected chi connectivity index (χ1v) is 27.4. The largest absolute Gasteiger partial charge is 0.310 e. The summed E-state index contributed by atoms with van der Waals surface area (Å²) in [5.41, 5.74) is 24.1. The minimum Gasteiger partial charge on any atom is -0.310 e. The van der Waals surface area contributed by atoms with Gasteiger partial charge in [0.15, 0.2) is 0 Å². The van der Waals surface area contributed by atoms with Gasteiger partial charge < -0.3 is 9.80 Å². The number of nitrogens with zero attached hydrogens (tertiary/aromatic N) is 2. The predicted octanol–water partition coefficient (Wildman–Crippen LogP) is 21.8. The van der Waals surface area contributed by atoms with E-state index in [1.807, 2.05) is 0 Å². The van der Waals surface area contributed by atoms with Crippen molar-refractivity contribution < 1.29 is 0 Å². The van der Waals surface area contributed by atoms with Gasteiger partial charge in [0.1, 0.15) is 0 Å². The van der Waals surface area contributed by atoms with E-state index >= 15 is 0 Å². The third-order valence-electron chi connectivity index (χ3n) is 15.8. The molecule has 1 aliphatic carbocycles. The Morgan fingerprint density at radius 2 is 0.462 bits per heavy atom.